The highest BCUT2D eigenvalue weighted by Crippen LogP contribution is 2.26. The lowest BCUT2D eigenvalue weighted by Crippen LogP contribution is -2.05. The van der Waals surface area contributed by atoms with Crippen molar-refractivity contribution in [2.45, 2.75) is 26.7 Å². The van der Waals surface area contributed by atoms with Crippen LogP contribution < -0.4 is 14.2 Å². The van der Waals surface area contributed by atoms with Crippen LogP contribution in [0.2, 0.25) is 0 Å². The summed E-state index contributed by atoms with van der Waals surface area (Å²) in [6.45, 7) is 4.11. The molecule has 1 aliphatic carbocycles. The number of ether oxygens (including phenoxy) is 3. The first-order valence-electron chi connectivity index (χ1n) is 9.42. The molecule has 0 saturated carbocycles. The molecule has 1 heterocycles. The minimum absolute atomic E-state index is 0.103. The predicted molar refractivity (Wildman–Crippen MR) is 109 cm³/mol. The lowest BCUT2D eigenvalue weighted by atomic mass is 10.1. The van der Waals surface area contributed by atoms with E-state index in [9.17, 15) is 0 Å². The van der Waals surface area contributed by atoms with Gasteiger partial charge in [-0.15, -0.1) is 15.0 Å². The van der Waals surface area contributed by atoms with Gasteiger partial charge in [-0.05, 0) is 50.6 Å². The quantitative estimate of drug-likeness (QED) is 0.535. The monoisotopic (exact) mass is 387 g/mol. The van der Waals surface area contributed by atoms with Gasteiger partial charge < -0.3 is 14.2 Å². The standard InChI is InChI=1S/C23H21N3O3/c1-16-8-12-19(13-9-16)28-22-24-21(27-18-6-4-3-5-7-18)25-23(26-22)29-20-14-10-17(2)11-15-20/h3-10,12-14H,11,15H2,1-2H3. The zero-order valence-corrected chi connectivity index (χ0v) is 16.3. The summed E-state index contributed by atoms with van der Waals surface area (Å²) >= 11 is 0. The van der Waals surface area contributed by atoms with Crippen molar-refractivity contribution in [1.82, 2.24) is 15.0 Å². The van der Waals surface area contributed by atoms with Gasteiger partial charge in [-0.3, -0.25) is 0 Å². The van der Waals surface area contributed by atoms with E-state index in [1.807, 2.05) is 73.7 Å². The number of aryl methyl sites for hydroxylation is 1. The normalized spacial score (nSPS) is 13.3. The zero-order chi connectivity index (χ0) is 20.1. The summed E-state index contributed by atoms with van der Waals surface area (Å²) in [7, 11) is 0. The first-order chi connectivity index (χ1) is 14.1. The Balaban J connectivity index is 1.62. The van der Waals surface area contributed by atoms with E-state index in [1.54, 1.807) is 0 Å². The SMILES string of the molecule is CC1=CC=C(Oc2nc(Oc3ccccc3)nc(Oc3ccc(C)cc3)n2)CC1. The van der Waals surface area contributed by atoms with Crippen molar-refractivity contribution in [3.05, 3.63) is 83.6 Å². The second-order valence-electron chi connectivity index (χ2n) is 6.76. The number of rotatable bonds is 6. The van der Waals surface area contributed by atoms with Crippen molar-refractivity contribution in [1.29, 1.82) is 0 Å². The lowest BCUT2D eigenvalue weighted by Gasteiger charge is -2.13. The second-order valence-corrected chi connectivity index (χ2v) is 6.76. The summed E-state index contributed by atoms with van der Waals surface area (Å²) < 4.78 is 17.4. The van der Waals surface area contributed by atoms with Crippen LogP contribution in [0, 0.1) is 6.92 Å². The molecule has 0 atom stereocenters. The van der Waals surface area contributed by atoms with Gasteiger partial charge in [0.2, 0.25) is 0 Å². The molecule has 0 unspecified atom stereocenters. The summed E-state index contributed by atoms with van der Waals surface area (Å²) in [4.78, 5) is 12.9. The molecule has 0 radical (unpaired) electrons. The van der Waals surface area contributed by atoms with Gasteiger partial charge in [0, 0.05) is 6.42 Å². The number of allylic oxidation sites excluding steroid dienone is 4. The minimum atomic E-state index is 0.103. The fourth-order valence-electron chi connectivity index (χ4n) is 2.69. The van der Waals surface area contributed by atoms with E-state index in [-0.39, 0.29) is 18.0 Å². The van der Waals surface area contributed by atoms with Crippen molar-refractivity contribution in [3.8, 4) is 29.5 Å². The summed E-state index contributed by atoms with van der Waals surface area (Å²) in [6.07, 6.45) is 5.69. The van der Waals surface area contributed by atoms with E-state index in [4.69, 9.17) is 14.2 Å². The van der Waals surface area contributed by atoms with Crippen LogP contribution in [0.15, 0.2) is 78.1 Å². The van der Waals surface area contributed by atoms with E-state index >= 15 is 0 Å². The van der Waals surface area contributed by atoms with Gasteiger partial charge in [0.25, 0.3) is 0 Å². The summed E-state index contributed by atoms with van der Waals surface area (Å²) in [6, 6.07) is 17.3. The third-order valence-electron chi connectivity index (χ3n) is 4.30. The molecule has 0 bridgehead atoms. The smallest absolute Gasteiger partial charge is 0.331 e. The third kappa shape index (κ3) is 5.19. The van der Waals surface area contributed by atoms with Crippen LogP contribution in [-0.2, 0) is 0 Å². The number of benzene rings is 2. The molecular formula is C23H21N3O3. The Morgan fingerprint density at radius 1 is 0.621 bits per heavy atom. The van der Waals surface area contributed by atoms with Gasteiger partial charge in [0.05, 0.1) is 0 Å². The molecule has 3 aromatic rings. The minimum Gasteiger partial charge on any atom is -0.429 e. The molecule has 6 heteroatoms. The predicted octanol–water partition coefficient (Wildman–Crippen LogP) is 5.77. The van der Waals surface area contributed by atoms with E-state index in [1.165, 1.54) is 5.57 Å². The molecule has 2 aromatic carbocycles. The molecule has 4 rings (SSSR count). The first kappa shape index (κ1) is 18.7. The number of aromatic nitrogens is 3. The van der Waals surface area contributed by atoms with Crippen molar-refractivity contribution in [2.24, 2.45) is 0 Å². The number of para-hydroxylation sites is 1. The van der Waals surface area contributed by atoms with Gasteiger partial charge in [-0.1, -0.05) is 47.5 Å². The number of nitrogens with zero attached hydrogens (tertiary/aromatic N) is 3. The summed E-state index contributed by atoms with van der Waals surface area (Å²) in [5.74, 6) is 2.02. The van der Waals surface area contributed by atoms with Gasteiger partial charge in [0.1, 0.15) is 17.3 Å². The maximum Gasteiger partial charge on any atom is 0.331 e. The molecule has 0 spiro atoms. The Bertz CT molecular complexity index is 1040. The van der Waals surface area contributed by atoms with E-state index in [0.717, 1.165) is 24.2 Å². The average molecular weight is 387 g/mol. The lowest BCUT2D eigenvalue weighted by molar-refractivity contribution is 0.333. The topological polar surface area (TPSA) is 66.4 Å². The fraction of sp³-hybridized carbons (Fsp3) is 0.174. The fourth-order valence-corrected chi connectivity index (χ4v) is 2.69. The molecule has 0 aliphatic heterocycles. The molecule has 1 aliphatic rings. The summed E-state index contributed by atoms with van der Waals surface area (Å²) in [5, 5.41) is 0. The van der Waals surface area contributed by atoms with E-state index < -0.39 is 0 Å². The molecule has 0 saturated heterocycles. The van der Waals surface area contributed by atoms with Crippen LogP contribution in [0.5, 0.6) is 29.5 Å². The number of hydrogen-bond donors (Lipinski definition) is 0. The Labute approximate surface area is 169 Å². The van der Waals surface area contributed by atoms with Gasteiger partial charge in [-0.25, -0.2) is 0 Å². The third-order valence-corrected chi connectivity index (χ3v) is 4.30. The average Bonchev–Trinajstić information content (AvgIpc) is 2.72. The molecule has 0 fully saturated rings. The Hall–Kier alpha value is -3.67. The molecule has 1 aromatic heterocycles. The van der Waals surface area contributed by atoms with Crippen molar-refractivity contribution in [3.63, 3.8) is 0 Å². The van der Waals surface area contributed by atoms with Crippen molar-refractivity contribution < 1.29 is 14.2 Å². The Morgan fingerprint density at radius 2 is 1.21 bits per heavy atom. The molecule has 6 nitrogen and oxygen atoms in total. The maximum atomic E-state index is 5.87. The number of hydrogen-bond acceptors (Lipinski definition) is 6. The largest absolute Gasteiger partial charge is 0.429 e. The Morgan fingerprint density at radius 3 is 1.79 bits per heavy atom. The van der Waals surface area contributed by atoms with Gasteiger partial charge in [0.15, 0.2) is 0 Å². The van der Waals surface area contributed by atoms with E-state index in [2.05, 4.69) is 21.9 Å². The van der Waals surface area contributed by atoms with Crippen LogP contribution in [0.25, 0.3) is 0 Å². The van der Waals surface area contributed by atoms with Gasteiger partial charge in [-0.2, -0.15) is 0 Å². The van der Waals surface area contributed by atoms with Crippen LogP contribution in [0.1, 0.15) is 25.3 Å². The van der Waals surface area contributed by atoms with Gasteiger partial charge >= 0.3 is 18.0 Å². The highest BCUT2D eigenvalue weighted by molar-refractivity contribution is 5.30. The van der Waals surface area contributed by atoms with Crippen molar-refractivity contribution >= 4 is 0 Å². The Kier molecular flexibility index (Phi) is 5.52. The molecule has 0 N–H and O–H groups in total. The highest BCUT2D eigenvalue weighted by Gasteiger charge is 2.14. The molecule has 146 valence electrons. The molecular weight excluding hydrogens is 366 g/mol. The van der Waals surface area contributed by atoms with Crippen LogP contribution in [0.3, 0.4) is 0 Å². The first-order valence-corrected chi connectivity index (χ1v) is 9.42. The second kappa shape index (κ2) is 8.56. The van der Waals surface area contributed by atoms with Crippen molar-refractivity contribution in [2.75, 3.05) is 0 Å². The van der Waals surface area contributed by atoms with Crippen LogP contribution in [-0.4, -0.2) is 15.0 Å². The molecule has 0 amide bonds. The molecule has 29 heavy (non-hydrogen) atoms. The maximum absolute atomic E-state index is 5.87. The zero-order valence-electron chi connectivity index (χ0n) is 16.3. The summed E-state index contributed by atoms with van der Waals surface area (Å²) in [5.41, 5.74) is 2.45. The highest BCUT2D eigenvalue weighted by atomic mass is 16.5. The van der Waals surface area contributed by atoms with Crippen LogP contribution in [0.4, 0.5) is 0 Å². The van der Waals surface area contributed by atoms with Crippen LogP contribution >= 0.6 is 0 Å². The van der Waals surface area contributed by atoms with E-state index in [0.29, 0.717) is 11.5 Å².